The minimum atomic E-state index is -1.57. The van der Waals surface area contributed by atoms with Gasteiger partial charge in [0.15, 0.2) is 5.69 Å². The zero-order chi connectivity index (χ0) is 25.1. The average molecular weight is 476 g/mol. The van der Waals surface area contributed by atoms with Gasteiger partial charge in [0, 0.05) is 34.9 Å². The van der Waals surface area contributed by atoms with Gasteiger partial charge in [-0.2, -0.15) is 9.83 Å². The highest BCUT2D eigenvalue weighted by atomic mass is 28.3. The Balaban J connectivity index is 1.93. The van der Waals surface area contributed by atoms with E-state index in [1.165, 1.54) is 16.4 Å². The molecule has 0 bridgehead atoms. The largest absolute Gasteiger partial charge is 0.454 e. The molecule has 0 amide bonds. The molecule has 0 saturated carbocycles. The van der Waals surface area contributed by atoms with Crippen LogP contribution in [0.3, 0.4) is 0 Å². The van der Waals surface area contributed by atoms with Crippen LogP contribution in [0.25, 0.3) is 44.3 Å². The number of benzene rings is 3. The summed E-state index contributed by atoms with van der Waals surface area (Å²) in [4.78, 5) is 0. The van der Waals surface area contributed by atoms with Crippen LogP contribution in [-0.4, -0.2) is 8.07 Å². The third-order valence-corrected chi connectivity index (χ3v) is 9.49. The van der Waals surface area contributed by atoms with Gasteiger partial charge in [0.2, 0.25) is 5.69 Å². The second-order valence-electron chi connectivity index (χ2n) is 10.5. The first kappa shape index (κ1) is 23.1. The van der Waals surface area contributed by atoms with E-state index in [9.17, 15) is 5.26 Å². The van der Waals surface area contributed by atoms with Crippen LogP contribution in [-0.2, 0) is 7.05 Å². The van der Waals surface area contributed by atoms with Crippen molar-refractivity contribution < 1.29 is 8.98 Å². The number of nitrogens with zero attached hydrogens (tertiary/aromatic N) is 2. The number of hydrogen-bond donors (Lipinski definition) is 0. The zero-order valence-corrected chi connectivity index (χ0v) is 22.6. The topological polar surface area (TPSA) is 40.8 Å². The number of pyridine rings is 1. The number of aryl methyl sites for hydroxylation is 1. The normalized spacial score (nSPS) is 11.8. The van der Waals surface area contributed by atoms with Crippen LogP contribution in [0.15, 0.2) is 65.1 Å². The van der Waals surface area contributed by atoms with Crippen molar-refractivity contribution in [1.82, 2.24) is 0 Å². The maximum atomic E-state index is 9.96. The number of furan rings is 1. The van der Waals surface area contributed by atoms with E-state index in [1.807, 2.05) is 30.3 Å². The SMILES string of the molecule is Cc1ccc2c(oc3c(-c4ccccc4)ccc(C#N)c32)c1-c1cc([Si](C)(C)C)c(C)c(C)[n+]1C. The molecule has 35 heavy (non-hydrogen) atoms. The van der Waals surface area contributed by atoms with Gasteiger partial charge in [-0.1, -0.05) is 62.1 Å². The molecular formula is C31H31N2OSi+. The number of aromatic nitrogens is 1. The van der Waals surface area contributed by atoms with Crippen molar-refractivity contribution in [3.8, 4) is 28.5 Å². The zero-order valence-electron chi connectivity index (χ0n) is 21.6. The highest BCUT2D eigenvalue weighted by Gasteiger charge is 2.29. The first-order chi connectivity index (χ1) is 16.6. The van der Waals surface area contributed by atoms with Gasteiger partial charge in [-0.25, -0.2) is 0 Å². The molecule has 0 aliphatic rings. The van der Waals surface area contributed by atoms with Crippen LogP contribution in [0, 0.1) is 32.1 Å². The molecule has 0 unspecified atom stereocenters. The first-order valence-corrected chi connectivity index (χ1v) is 15.6. The molecule has 0 fully saturated rings. The van der Waals surface area contributed by atoms with Gasteiger partial charge < -0.3 is 4.42 Å². The van der Waals surface area contributed by atoms with E-state index in [0.29, 0.717) is 5.56 Å². The lowest BCUT2D eigenvalue weighted by molar-refractivity contribution is -0.666. The summed E-state index contributed by atoms with van der Waals surface area (Å²) in [5, 5.41) is 13.3. The van der Waals surface area contributed by atoms with Crippen LogP contribution >= 0.6 is 0 Å². The van der Waals surface area contributed by atoms with E-state index in [1.54, 1.807) is 0 Å². The number of rotatable bonds is 3. The Kier molecular flexibility index (Phi) is 5.42. The molecule has 3 aromatic carbocycles. The van der Waals surface area contributed by atoms with Crippen molar-refractivity contribution in [3.05, 3.63) is 83.0 Å². The van der Waals surface area contributed by atoms with Crippen LogP contribution in [0.1, 0.15) is 22.4 Å². The molecular weight excluding hydrogens is 444 g/mol. The van der Waals surface area contributed by atoms with Crippen LogP contribution in [0.4, 0.5) is 0 Å². The molecule has 0 N–H and O–H groups in total. The standard InChI is InChI=1S/C31H31N2OSi/c1-19-13-15-25-29-23(18-32)14-16-24(22-11-9-8-10-12-22)30(29)34-31(25)28(19)26-17-27(35(5,6)7)20(2)21(3)33(26)4/h8-17H,1-7H3/q+1. The summed E-state index contributed by atoms with van der Waals surface area (Å²) < 4.78 is 9.03. The summed E-state index contributed by atoms with van der Waals surface area (Å²) in [7, 11) is 0.574. The minimum Gasteiger partial charge on any atom is -0.454 e. The lowest BCUT2D eigenvalue weighted by Gasteiger charge is -2.21. The quantitative estimate of drug-likeness (QED) is 0.206. The molecule has 3 nitrogen and oxygen atoms in total. The maximum absolute atomic E-state index is 9.96. The first-order valence-electron chi connectivity index (χ1n) is 12.1. The lowest BCUT2D eigenvalue weighted by atomic mass is 9.96. The second kappa shape index (κ2) is 8.22. The van der Waals surface area contributed by atoms with Gasteiger partial charge in [0.1, 0.15) is 18.2 Å². The van der Waals surface area contributed by atoms with E-state index < -0.39 is 8.07 Å². The Morgan fingerprint density at radius 2 is 1.60 bits per heavy atom. The Morgan fingerprint density at radius 3 is 2.26 bits per heavy atom. The van der Waals surface area contributed by atoms with Gasteiger partial charge in [0.25, 0.3) is 0 Å². The van der Waals surface area contributed by atoms with E-state index in [-0.39, 0.29) is 0 Å². The van der Waals surface area contributed by atoms with E-state index in [0.717, 1.165) is 49.9 Å². The highest BCUT2D eigenvalue weighted by molar-refractivity contribution is 6.89. The third kappa shape index (κ3) is 3.59. The minimum absolute atomic E-state index is 0.639. The third-order valence-electron chi connectivity index (χ3n) is 7.36. The summed E-state index contributed by atoms with van der Waals surface area (Å²) in [6.45, 7) is 13.8. The molecule has 0 aliphatic heterocycles. The molecule has 5 rings (SSSR count). The molecule has 0 radical (unpaired) electrons. The van der Waals surface area contributed by atoms with Crippen LogP contribution in [0.5, 0.6) is 0 Å². The van der Waals surface area contributed by atoms with Crippen molar-refractivity contribution in [2.45, 2.75) is 40.4 Å². The molecule has 2 heterocycles. The van der Waals surface area contributed by atoms with Crippen molar-refractivity contribution >= 4 is 35.2 Å². The van der Waals surface area contributed by atoms with Gasteiger partial charge >= 0.3 is 0 Å². The number of hydrogen-bond acceptors (Lipinski definition) is 2. The molecule has 2 aromatic heterocycles. The van der Waals surface area contributed by atoms with Crippen molar-refractivity contribution in [1.29, 1.82) is 5.26 Å². The van der Waals surface area contributed by atoms with Crippen LogP contribution < -0.4 is 9.75 Å². The van der Waals surface area contributed by atoms with Gasteiger partial charge in [-0.3, -0.25) is 0 Å². The van der Waals surface area contributed by atoms with E-state index in [4.69, 9.17) is 4.42 Å². The molecule has 174 valence electrons. The molecule has 0 saturated heterocycles. The number of nitriles is 1. The molecule has 0 spiro atoms. The molecule has 0 aliphatic carbocycles. The van der Waals surface area contributed by atoms with Crippen molar-refractivity contribution in [2.75, 3.05) is 0 Å². The Hall–Kier alpha value is -3.68. The van der Waals surface area contributed by atoms with Gasteiger partial charge in [0.05, 0.1) is 25.3 Å². The van der Waals surface area contributed by atoms with Crippen molar-refractivity contribution in [2.24, 2.45) is 7.05 Å². The smallest absolute Gasteiger partial charge is 0.216 e. The average Bonchev–Trinajstić information content (AvgIpc) is 3.22. The molecule has 0 atom stereocenters. The van der Waals surface area contributed by atoms with Crippen LogP contribution in [0.2, 0.25) is 19.6 Å². The van der Waals surface area contributed by atoms with E-state index >= 15 is 0 Å². The predicted octanol–water partition coefficient (Wildman–Crippen LogP) is 7.09. The highest BCUT2D eigenvalue weighted by Crippen LogP contribution is 2.42. The Morgan fingerprint density at radius 1 is 0.886 bits per heavy atom. The summed E-state index contributed by atoms with van der Waals surface area (Å²) in [5.74, 6) is 0. The fourth-order valence-corrected chi connectivity index (χ4v) is 7.16. The number of fused-ring (bicyclic) bond motifs is 3. The second-order valence-corrected chi connectivity index (χ2v) is 15.6. The summed E-state index contributed by atoms with van der Waals surface area (Å²) in [5.41, 5.74) is 10.4. The van der Waals surface area contributed by atoms with E-state index in [2.05, 4.69) is 88.4 Å². The molecule has 5 aromatic rings. The van der Waals surface area contributed by atoms with Gasteiger partial charge in [-0.15, -0.1) is 0 Å². The monoisotopic (exact) mass is 475 g/mol. The lowest BCUT2D eigenvalue weighted by Crippen LogP contribution is -2.46. The van der Waals surface area contributed by atoms with Gasteiger partial charge in [-0.05, 0) is 42.3 Å². The summed E-state index contributed by atoms with van der Waals surface area (Å²) >= 11 is 0. The fraction of sp³-hybridized carbons (Fsp3) is 0.226. The fourth-order valence-electron chi connectivity index (χ4n) is 5.29. The maximum Gasteiger partial charge on any atom is 0.216 e. The van der Waals surface area contributed by atoms with Crippen molar-refractivity contribution in [3.63, 3.8) is 0 Å². The molecule has 4 heteroatoms. The Labute approximate surface area is 208 Å². The summed E-state index contributed by atoms with van der Waals surface area (Å²) in [6.07, 6.45) is 0. The predicted molar refractivity (Wildman–Crippen MR) is 148 cm³/mol. The summed E-state index contributed by atoms with van der Waals surface area (Å²) in [6, 6.07) is 23.2. The Bertz CT molecular complexity index is 1670.